The third-order valence-corrected chi connectivity index (χ3v) is 5.27. The minimum absolute atomic E-state index is 0.0488. The maximum absolute atomic E-state index is 12.5. The summed E-state index contributed by atoms with van der Waals surface area (Å²) in [7, 11) is 0. The average Bonchev–Trinajstić information content (AvgIpc) is 3.07. The van der Waals surface area contributed by atoms with E-state index in [9.17, 15) is 9.59 Å². The molecule has 0 unspecified atom stereocenters. The van der Waals surface area contributed by atoms with Crippen LogP contribution in [0.2, 0.25) is 0 Å². The number of carbonyl (C=O) groups excluding carboxylic acids is 2. The molecule has 1 aliphatic rings. The van der Waals surface area contributed by atoms with Crippen molar-refractivity contribution in [1.82, 2.24) is 25.1 Å². The van der Waals surface area contributed by atoms with Crippen LogP contribution in [0.5, 0.6) is 0 Å². The Morgan fingerprint density at radius 1 is 1.19 bits per heavy atom. The molecule has 1 aromatic heterocycles. The highest BCUT2D eigenvalue weighted by atomic mass is 16.2. The van der Waals surface area contributed by atoms with Crippen LogP contribution in [-0.4, -0.2) is 70.9 Å². The SMILES string of the molecule is CCNC(=O)CN1CCN(C(=O)CCc2nc3c(C)c(C)ccc3[nH]2)CC1. The van der Waals surface area contributed by atoms with Crippen LogP contribution in [0, 0.1) is 13.8 Å². The van der Waals surface area contributed by atoms with E-state index in [1.165, 1.54) is 11.1 Å². The fraction of sp³-hybridized carbons (Fsp3) is 0.550. The lowest BCUT2D eigenvalue weighted by Crippen LogP contribution is -2.51. The molecule has 27 heavy (non-hydrogen) atoms. The summed E-state index contributed by atoms with van der Waals surface area (Å²) in [4.78, 5) is 36.2. The number of benzene rings is 1. The molecular weight excluding hydrogens is 342 g/mol. The Bertz CT molecular complexity index is 821. The van der Waals surface area contributed by atoms with Gasteiger partial charge in [0.25, 0.3) is 0 Å². The first kappa shape index (κ1) is 19.4. The molecule has 0 bridgehead atoms. The molecular formula is C20H29N5O2. The van der Waals surface area contributed by atoms with Crippen LogP contribution in [0.3, 0.4) is 0 Å². The molecule has 2 N–H and O–H groups in total. The Labute approximate surface area is 160 Å². The lowest BCUT2D eigenvalue weighted by atomic mass is 10.1. The minimum atomic E-state index is 0.0488. The second-order valence-electron chi connectivity index (χ2n) is 7.20. The number of imidazole rings is 1. The number of fused-ring (bicyclic) bond motifs is 1. The van der Waals surface area contributed by atoms with E-state index in [4.69, 9.17) is 0 Å². The van der Waals surface area contributed by atoms with Crippen molar-refractivity contribution in [3.63, 3.8) is 0 Å². The zero-order valence-corrected chi connectivity index (χ0v) is 16.5. The predicted molar refractivity (Wildman–Crippen MR) is 106 cm³/mol. The molecule has 7 nitrogen and oxygen atoms in total. The summed E-state index contributed by atoms with van der Waals surface area (Å²) in [5.74, 6) is 1.07. The molecule has 0 aliphatic carbocycles. The van der Waals surface area contributed by atoms with Crippen molar-refractivity contribution in [3.8, 4) is 0 Å². The number of hydrogen-bond donors (Lipinski definition) is 2. The number of rotatable bonds is 6. The molecule has 0 radical (unpaired) electrons. The van der Waals surface area contributed by atoms with Gasteiger partial charge in [0, 0.05) is 45.6 Å². The molecule has 3 rings (SSSR count). The summed E-state index contributed by atoms with van der Waals surface area (Å²) in [6.45, 7) is 9.97. The van der Waals surface area contributed by atoms with E-state index in [1.807, 2.05) is 17.9 Å². The number of nitrogens with zero attached hydrogens (tertiary/aromatic N) is 3. The summed E-state index contributed by atoms with van der Waals surface area (Å²) >= 11 is 0. The lowest BCUT2D eigenvalue weighted by molar-refractivity contribution is -0.133. The fourth-order valence-electron chi connectivity index (χ4n) is 3.48. The van der Waals surface area contributed by atoms with Crippen LogP contribution in [-0.2, 0) is 16.0 Å². The van der Waals surface area contributed by atoms with Crippen LogP contribution in [0.15, 0.2) is 12.1 Å². The van der Waals surface area contributed by atoms with E-state index in [2.05, 4.69) is 40.1 Å². The lowest BCUT2D eigenvalue weighted by Gasteiger charge is -2.34. The fourth-order valence-corrected chi connectivity index (χ4v) is 3.48. The van der Waals surface area contributed by atoms with Crippen LogP contribution in [0.1, 0.15) is 30.3 Å². The summed E-state index contributed by atoms with van der Waals surface area (Å²) in [6, 6.07) is 4.13. The van der Waals surface area contributed by atoms with Gasteiger partial charge in [0.15, 0.2) is 0 Å². The first-order valence-corrected chi connectivity index (χ1v) is 9.69. The van der Waals surface area contributed by atoms with Gasteiger partial charge in [0.2, 0.25) is 11.8 Å². The predicted octanol–water partition coefficient (Wildman–Crippen LogP) is 1.39. The molecule has 1 fully saturated rings. The van der Waals surface area contributed by atoms with E-state index < -0.39 is 0 Å². The number of likely N-dealkylation sites (N-methyl/N-ethyl adjacent to an activating group) is 1. The number of nitrogens with one attached hydrogen (secondary N) is 2. The van der Waals surface area contributed by atoms with Gasteiger partial charge in [-0.1, -0.05) is 6.07 Å². The van der Waals surface area contributed by atoms with Crippen molar-refractivity contribution in [3.05, 3.63) is 29.1 Å². The molecule has 1 saturated heterocycles. The summed E-state index contributed by atoms with van der Waals surface area (Å²) in [5.41, 5.74) is 4.43. The zero-order valence-electron chi connectivity index (χ0n) is 16.5. The standard InChI is InChI=1S/C20H29N5O2/c1-4-21-18(26)13-24-9-11-25(12-10-24)19(27)8-7-17-22-16-6-5-14(2)15(3)20(16)23-17/h5-6H,4,7-13H2,1-3H3,(H,21,26)(H,22,23). The van der Waals surface area contributed by atoms with Gasteiger partial charge < -0.3 is 15.2 Å². The van der Waals surface area contributed by atoms with E-state index in [1.54, 1.807) is 0 Å². The number of piperazine rings is 1. The maximum atomic E-state index is 12.5. The van der Waals surface area contributed by atoms with E-state index in [-0.39, 0.29) is 11.8 Å². The number of aromatic nitrogens is 2. The van der Waals surface area contributed by atoms with Crippen molar-refractivity contribution in [1.29, 1.82) is 0 Å². The highest BCUT2D eigenvalue weighted by Gasteiger charge is 2.22. The van der Waals surface area contributed by atoms with Gasteiger partial charge in [-0.2, -0.15) is 0 Å². The smallest absolute Gasteiger partial charge is 0.234 e. The van der Waals surface area contributed by atoms with Crippen molar-refractivity contribution in [2.45, 2.75) is 33.6 Å². The summed E-state index contributed by atoms with van der Waals surface area (Å²) in [5, 5.41) is 2.81. The molecule has 146 valence electrons. The van der Waals surface area contributed by atoms with Gasteiger partial charge in [0.1, 0.15) is 5.82 Å². The average molecular weight is 371 g/mol. The van der Waals surface area contributed by atoms with Gasteiger partial charge >= 0.3 is 0 Å². The normalized spacial score (nSPS) is 15.3. The van der Waals surface area contributed by atoms with Gasteiger partial charge in [0.05, 0.1) is 17.6 Å². The van der Waals surface area contributed by atoms with Crippen LogP contribution in [0.4, 0.5) is 0 Å². The molecule has 2 heterocycles. The number of aryl methyl sites for hydroxylation is 3. The monoisotopic (exact) mass is 371 g/mol. The quantitative estimate of drug-likeness (QED) is 0.804. The Balaban J connectivity index is 1.49. The Morgan fingerprint density at radius 2 is 1.93 bits per heavy atom. The van der Waals surface area contributed by atoms with Crippen LogP contribution >= 0.6 is 0 Å². The van der Waals surface area contributed by atoms with E-state index in [0.717, 1.165) is 29.9 Å². The molecule has 0 saturated carbocycles. The largest absolute Gasteiger partial charge is 0.355 e. The summed E-state index contributed by atoms with van der Waals surface area (Å²) < 4.78 is 0. The number of aromatic amines is 1. The molecule has 7 heteroatoms. The van der Waals surface area contributed by atoms with Crippen molar-refractivity contribution >= 4 is 22.8 Å². The van der Waals surface area contributed by atoms with Gasteiger partial charge in [-0.3, -0.25) is 14.5 Å². The third kappa shape index (κ3) is 4.66. The molecule has 2 aromatic rings. The van der Waals surface area contributed by atoms with Crippen LogP contribution in [0.25, 0.3) is 11.0 Å². The van der Waals surface area contributed by atoms with Crippen molar-refractivity contribution in [2.24, 2.45) is 0 Å². The van der Waals surface area contributed by atoms with Gasteiger partial charge in [-0.15, -0.1) is 0 Å². The number of amides is 2. The summed E-state index contributed by atoms with van der Waals surface area (Å²) in [6.07, 6.45) is 1.07. The second-order valence-corrected chi connectivity index (χ2v) is 7.20. The van der Waals surface area contributed by atoms with Crippen molar-refractivity contribution < 1.29 is 9.59 Å². The second kappa shape index (κ2) is 8.52. The van der Waals surface area contributed by atoms with E-state index in [0.29, 0.717) is 39.0 Å². The molecule has 2 amide bonds. The minimum Gasteiger partial charge on any atom is -0.355 e. The maximum Gasteiger partial charge on any atom is 0.234 e. The highest BCUT2D eigenvalue weighted by molar-refractivity contribution is 5.80. The Hall–Kier alpha value is -2.41. The molecule has 1 aromatic carbocycles. The van der Waals surface area contributed by atoms with Gasteiger partial charge in [-0.05, 0) is 38.0 Å². The number of carbonyl (C=O) groups is 2. The number of H-pyrrole nitrogens is 1. The Morgan fingerprint density at radius 3 is 2.63 bits per heavy atom. The Kier molecular flexibility index (Phi) is 6.11. The van der Waals surface area contributed by atoms with E-state index >= 15 is 0 Å². The molecule has 0 atom stereocenters. The van der Waals surface area contributed by atoms with Crippen LogP contribution < -0.4 is 5.32 Å². The zero-order chi connectivity index (χ0) is 19.4. The molecule has 1 aliphatic heterocycles. The number of hydrogen-bond acceptors (Lipinski definition) is 4. The first-order chi connectivity index (χ1) is 13.0. The third-order valence-electron chi connectivity index (χ3n) is 5.27. The first-order valence-electron chi connectivity index (χ1n) is 9.69. The van der Waals surface area contributed by atoms with Gasteiger partial charge in [-0.25, -0.2) is 4.98 Å². The van der Waals surface area contributed by atoms with Crippen molar-refractivity contribution in [2.75, 3.05) is 39.3 Å². The molecule has 0 spiro atoms. The topological polar surface area (TPSA) is 81.3 Å². The highest BCUT2D eigenvalue weighted by Crippen LogP contribution is 2.20.